The Morgan fingerprint density at radius 3 is 2.72 bits per heavy atom. The number of morpholine rings is 1. The normalized spacial score (nSPS) is 25.5. The largest absolute Gasteiger partial charge is 0.373 e. The summed E-state index contributed by atoms with van der Waals surface area (Å²) in [6.45, 7) is 8.92. The molecule has 0 spiro atoms. The van der Waals surface area contributed by atoms with E-state index in [0.717, 1.165) is 38.4 Å². The molecule has 1 aromatic rings. The van der Waals surface area contributed by atoms with Gasteiger partial charge in [0, 0.05) is 32.4 Å². The van der Waals surface area contributed by atoms with Gasteiger partial charge in [0.25, 0.3) is 0 Å². The molecule has 1 aliphatic heterocycles. The molecular weight excluding hydrogens is 230 g/mol. The molecule has 2 atom stereocenters. The van der Waals surface area contributed by atoms with Crippen LogP contribution in [0.1, 0.15) is 19.5 Å². The van der Waals surface area contributed by atoms with Crippen LogP contribution in [0.25, 0.3) is 0 Å². The molecule has 0 saturated carbocycles. The number of hydrogen-bond donors (Lipinski definition) is 1. The number of nitrogens with one attached hydrogen (secondary N) is 1. The SMILES string of the molecule is CNCc1cn(CCN2C[C@@H](C)O[C@@H](C)C2)nn1. The van der Waals surface area contributed by atoms with Crippen molar-refractivity contribution in [2.24, 2.45) is 0 Å². The maximum atomic E-state index is 5.72. The third-order valence-corrected chi connectivity index (χ3v) is 3.08. The van der Waals surface area contributed by atoms with E-state index < -0.39 is 0 Å². The van der Waals surface area contributed by atoms with E-state index in [1.165, 1.54) is 0 Å². The van der Waals surface area contributed by atoms with Crippen LogP contribution >= 0.6 is 0 Å². The highest BCUT2D eigenvalue weighted by molar-refractivity contribution is 4.91. The molecule has 6 nitrogen and oxygen atoms in total. The molecule has 1 aliphatic rings. The topological polar surface area (TPSA) is 55.2 Å². The number of aromatic nitrogens is 3. The molecular formula is C12H23N5O. The average Bonchev–Trinajstić information content (AvgIpc) is 2.74. The molecule has 1 fully saturated rings. The molecule has 6 heteroatoms. The highest BCUT2D eigenvalue weighted by Gasteiger charge is 2.21. The van der Waals surface area contributed by atoms with Gasteiger partial charge in [-0.3, -0.25) is 9.58 Å². The van der Waals surface area contributed by atoms with E-state index in [0.29, 0.717) is 12.2 Å². The molecule has 1 N–H and O–H groups in total. The van der Waals surface area contributed by atoms with Crippen molar-refractivity contribution in [1.82, 2.24) is 25.2 Å². The van der Waals surface area contributed by atoms with Crippen LogP contribution in [0.4, 0.5) is 0 Å². The van der Waals surface area contributed by atoms with E-state index in [2.05, 4.69) is 34.4 Å². The molecule has 0 radical (unpaired) electrons. The number of rotatable bonds is 5. The fourth-order valence-corrected chi connectivity index (χ4v) is 2.42. The summed E-state index contributed by atoms with van der Waals surface area (Å²) < 4.78 is 7.63. The molecule has 0 amide bonds. The molecule has 1 aromatic heterocycles. The highest BCUT2D eigenvalue weighted by atomic mass is 16.5. The number of ether oxygens (including phenoxy) is 1. The molecule has 2 heterocycles. The maximum Gasteiger partial charge on any atom is 0.0964 e. The predicted molar refractivity (Wildman–Crippen MR) is 69.2 cm³/mol. The van der Waals surface area contributed by atoms with E-state index in [4.69, 9.17) is 4.74 Å². The Hall–Kier alpha value is -0.980. The van der Waals surface area contributed by atoms with Crippen molar-refractivity contribution in [3.63, 3.8) is 0 Å². The number of nitrogens with zero attached hydrogens (tertiary/aromatic N) is 4. The van der Waals surface area contributed by atoms with Gasteiger partial charge in [-0.2, -0.15) is 0 Å². The summed E-state index contributed by atoms with van der Waals surface area (Å²) in [5.74, 6) is 0. The van der Waals surface area contributed by atoms with Gasteiger partial charge >= 0.3 is 0 Å². The van der Waals surface area contributed by atoms with Crippen LogP contribution in [-0.2, 0) is 17.8 Å². The highest BCUT2D eigenvalue weighted by Crippen LogP contribution is 2.10. The number of hydrogen-bond acceptors (Lipinski definition) is 5. The van der Waals surface area contributed by atoms with Gasteiger partial charge in [0.15, 0.2) is 0 Å². The molecule has 0 aromatic carbocycles. The van der Waals surface area contributed by atoms with Crippen molar-refractivity contribution in [2.45, 2.75) is 39.1 Å². The monoisotopic (exact) mass is 253 g/mol. The van der Waals surface area contributed by atoms with E-state index >= 15 is 0 Å². The molecule has 0 aliphatic carbocycles. The minimum atomic E-state index is 0.323. The van der Waals surface area contributed by atoms with E-state index in [-0.39, 0.29) is 0 Å². The predicted octanol–water partition coefficient (Wildman–Crippen LogP) is 0.107. The first kappa shape index (κ1) is 13.5. The van der Waals surface area contributed by atoms with E-state index in [1.54, 1.807) is 0 Å². The van der Waals surface area contributed by atoms with Gasteiger partial charge in [-0.25, -0.2) is 0 Å². The molecule has 0 bridgehead atoms. The molecule has 102 valence electrons. The Balaban J connectivity index is 1.79. The lowest BCUT2D eigenvalue weighted by atomic mass is 10.2. The summed E-state index contributed by atoms with van der Waals surface area (Å²) in [5.41, 5.74) is 0.987. The van der Waals surface area contributed by atoms with Gasteiger partial charge in [-0.15, -0.1) is 5.10 Å². The van der Waals surface area contributed by atoms with Gasteiger partial charge in [0.1, 0.15) is 0 Å². The Morgan fingerprint density at radius 2 is 2.06 bits per heavy atom. The Kier molecular flexibility index (Phi) is 4.68. The zero-order valence-electron chi connectivity index (χ0n) is 11.5. The fraction of sp³-hybridized carbons (Fsp3) is 0.833. The second kappa shape index (κ2) is 6.26. The molecule has 2 rings (SSSR count). The lowest BCUT2D eigenvalue weighted by Crippen LogP contribution is -2.46. The van der Waals surface area contributed by atoms with Gasteiger partial charge in [-0.05, 0) is 20.9 Å². The molecule has 0 unspecified atom stereocenters. The fourth-order valence-electron chi connectivity index (χ4n) is 2.42. The lowest BCUT2D eigenvalue weighted by molar-refractivity contribution is -0.0687. The first-order valence-electron chi connectivity index (χ1n) is 6.59. The van der Waals surface area contributed by atoms with Gasteiger partial charge in [-0.1, -0.05) is 5.21 Å². The van der Waals surface area contributed by atoms with Gasteiger partial charge in [0.05, 0.1) is 24.4 Å². The van der Waals surface area contributed by atoms with Crippen LogP contribution in [0.2, 0.25) is 0 Å². The van der Waals surface area contributed by atoms with Crippen LogP contribution in [0, 0.1) is 0 Å². The van der Waals surface area contributed by atoms with Gasteiger partial charge < -0.3 is 10.1 Å². The first-order valence-corrected chi connectivity index (χ1v) is 6.59. The quantitative estimate of drug-likeness (QED) is 0.807. The van der Waals surface area contributed by atoms with E-state index in [1.807, 2.05) is 17.9 Å². The van der Waals surface area contributed by atoms with Crippen LogP contribution in [-0.4, -0.2) is 58.8 Å². The van der Waals surface area contributed by atoms with Crippen molar-refractivity contribution >= 4 is 0 Å². The third kappa shape index (κ3) is 3.76. The van der Waals surface area contributed by atoms with Crippen molar-refractivity contribution in [2.75, 3.05) is 26.7 Å². The summed E-state index contributed by atoms with van der Waals surface area (Å²) in [5, 5.41) is 11.3. The molecule has 1 saturated heterocycles. The van der Waals surface area contributed by atoms with E-state index in [9.17, 15) is 0 Å². The summed E-state index contributed by atoms with van der Waals surface area (Å²) in [4.78, 5) is 2.43. The standard InChI is InChI=1S/C12H23N5O/c1-10-7-16(8-11(2)18-10)4-5-17-9-12(6-13-3)14-15-17/h9-11,13H,4-8H2,1-3H3/t10-,11+. The average molecular weight is 253 g/mol. The Morgan fingerprint density at radius 1 is 1.33 bits per heavy atom. The van der Waals surface area contributed by atoms with Crippen molar-refractivity contribution in [1.29, 1.82) is 0 Å². The zero-order valence-corrected chi connectivity index (χ0v) is 11.5. The summed E-state index contributed by atoms with van der Waals surface area (Å²) >= 11 is 0. The summed E-state index contributed by atoms with van der Waals surface area (Å²) in [7, 11) is 1.91. The van der Waals surface area contributed by atoms with Crippen molar-refractivity contribution < 1.29 is 4.74 Å². The zero-order chi connectivity index (χ0) is 13.0. The van der Waals surface area contributed by atoms with Crippen LogP contribution in [0.5, 0.6) is 0 Å². The minimum Gasteiger partial charge on any atom is -0.373 e. The van der Waals surface area contributed by atoms with Crippen molar-refractivity contribution in [3.8, 4) is 0 Å². The Labute approximate surface area is 108 Å². The van der Waals surface area contributed by atoms with Crippen LogP contribution in [0.15, 0.2) is 6.20 Å². The smallest absolute Gasteiger partial charge is 0.0964 e. The second-order valence-corrected chi connectivity index (χ2v) is 5.02. The minimum absolute atomic E-state index is 0.323. The van der Waals surface area contributed by atoms with Crippen LogP contribution in [0.3, 0.4) is 0 Å². The van der Waals surface area contributed by atoms with Crippen molar-refractivity contribution in [3.05, 3.63) is 11.9 Å². The molecule has 18 heavy (non-hydrogen) atoms. The Bertz CT molecular complexity index is 357. The summed E-state index contributed by atoms with van der Waals surface area (Å²) in [6, 6.07) is 0. The maximum absolute atomic E-state index is 5.72. The second-order valence-electron chi connectivity index (χ2n) is 5.02. The van der Waals surface area contributed by atoms with Crippen LogP contribution < -0.4 is 5.32 Å². The van der Waals surface area contributed by atoms with Gasteiger partial charge in [0.2, 0.25) is 0 Å². The first-order chi connectivity index (χ1) is 8.67. The summed E-state index contributed by atoms with van der Waals surface area (Å²) in [6.07, 6.45) is 2.65. The lowest BCUT2D eigenvalue weighted by Gasteiger charge is -2.35. The third-order valence-electron chi connectivity index (χ3n) is 3.08.